The van der Waals surface area contributed by atoms with Gasteiger partial charge in [0.1, 0.15) is 11.6 Å². The van der Waals surface area contributed by atoms with E-state index in [9.17, 15) is 20.2 Å². The molecular formula is C18H11ClN6O3. The van der Waals surface area contributed by atoms with Gasteiger partial charge >= 0.3 is 0 Å². The lowest BCUT2D eigenvalue weighted by Gasteiger charge is -2.06. The smallest absolute Gasteiger partial charge is 0.270 e. The molecule has 0 unspecified atom stereocenters. The Hall–Kier alpha value is -4.03. The van der Waals surface area contributed by atoms with Crippen LogP contribution in [0.1, 0.15) is 11.1 Å². The van der Waals surface area contributed by atoms with Crippen molar-refractivity contribution in [3.63, 3.8) is 0 Å². The van der Waals surface area contributed by atoms with Crippen molar-refractivity contribution in [2.75, 3.05) is 5.43 Å². The highest BCUT2D eigenvalue weighted by Crippen LogP contribution is 2.21. The van der Waals surface area contributed by atoms with Gasteiger partial charge in [-0.1, -0.05) is 41.9 Å². The van der Waals surface area contributed by atoms with Gasteiger partial charge in [0, 0.05) is 28.3 Å². The topological polar surface area (TPSA) is 137 Å². The highest BCUT2D eigenvalue weighted by molar-refractivity contribution is 6.33. The summed E-state index contributed by atoms with van der Waals surface area (Å²) < 4.78 is 0. The number of H-pyrrole nitrogens is 1. The largest absolute Gasteiger partial charge is 0.290 e. The first-order chi connectivity index (χ1) is 13.5. The van der Waals surface area contributed by atoms with Crippen molar-refractivity contribution in [1.82, 2.24) is 9.97 Å². The van der Waals surface area contributed by atoms with E-state index in [1.54, 1.807) is 30.3 Å². The number of hydrazone groups is 1. The van der Waals surface area contributed by atoms with E-state index in [2.05, 4.69) is 20.5 Å². The molecule has 0 saturated heterocycles. The standard InChI is InChI=1S/C18H11ClN6O3/c19-15-7-6-13(25(27)28)8-12(15)10-21-24-18-22-16(11-4-2-1-3-5-11)14(9-20)17(26)23-18/h1-8,10H,(H2,22,23,24,26). The molecule has 9 nitrogen and oxygen atoms in total. The highest BCUT2D eigenvalue weighted by atomic mass is 35.5. The first-order valence-electron chi connectivity index (χ1n) is 7.82. The number of nitrogens with zero attached hydrogens (tertiary/aromatic N) is 4. The molecule has 0 aliphatic carbocycles. The number of aromatic nitrogens is 2. The van der Waals surface area contributed by atoms with Gasteiger partial charge in [0.15, 0.2) is 0 Å². The number of hydrogen-bond donors (Lipinski definition) is 2. The van der Waals surface area contributed by atoms with Crippen molar-refractivity contribution in [3.8, 4) is 17.3 Å². The van der Waals surface area contributed by atoms with Crippen molar-refractivity contribution in [1.29, 1.82) is 5.26 Å². The van der Waals surface area contributed by atoms with Gasteiger partial charge in [-0.2, -0.15) is 10.4 Å². The van der Waals surface area contributed by atoms with E-state index in [-0.39, 0.29) is 27.9 Å². The Bertz CT molecular complexity index is 1170. The molecule has 0 amide bonds. The fraction of sp³-hybridized carbons (Fsp3) is 0. The van der Waals surface area contributed by atoms with Gasteiger partial charge in [0.2, 0.25) is 5.95 Å². The van der Waals surface area contributed by atoms with Crippen LogP contribution in [0.5, 0.6) is 0 Å². The summed E-state index contributed by atoms with van der Waals surface area (Å²) in [6.07, 6.45) is 1.26. The van der Waals surface area contributed by atoms with Gasteiger partial charge in [-0.3, -0.25) is 19.9 Å². The molecule has 0 saturated carbocycles. The van der Waals surface area contributed by atoms with E-state index >= 15 is 0 Å². The van der Waals surface area contributed by atoms with Gasteiger partial charge in [-0.25, -0.2) is 10.4 Å². The Morgan fingerprint density at radius 3 is 2.71 bits per heavy atom. The first-order valence-corrected chi connectivity index (χ1v) is 8.20. The SMILES string of the molecule is N#Cc1c(-c2ccccc2)nc(NN=Cc2cc([N+](=O)[O-])ccc2Cl)[nH]c1=O. The number of nitriles is 1. The second-order valence-electron chi connectivity index (χ2n) is 5.45. The van der Waals surface area contributed by atoms with E-state index in [4.69, 9.17) is 11.6 Å². The molecule has 0 spiro atoms. The van der Waals surface area contributed by atoms with Crippen molar-refractivity contribution >= 4 is 29.5 Å². The maximum Gasteiger partial charge on any atom is 0.270 e. The Morgan fingerprint density at radius 1 is 1.29 bits per heavy atom. The third kappa shape index (κ3) is 4.03. The van der Waals surface area contributed by atoms with Crippen LogP contribution in [0.25, 0.3) is 11.3 Å². The fourth-order valence-electron chi connectivity index (χ4n) is 2.34. The van der Waals surface area contributed by atoms with Gasteiger partial charge in [0.05, 0.1) is 16.8 Å². The van der Waals surface area contributed by atoms with E-state index in [0.29, 0.717) is 11.1 Å². The third-order valence-electron chi connectivity index (χ3n) is 3.64. The second-order valence-corrected chi connectivity index (χ2v) is 5.86. The molecule has 1 heterocycles. The lowest BCUT2D eigenvalue weighted by molar-refractivity contribution is -0.384. The summed E-state index contributed by atoms with van der Waals surface area (Å²) in [6, 6.07) is 14.5. The molecule has 0 fully saturated rings. The van der Waals surface area contributed by atoms with Crippen LogP contribution in [-0.2, 0) is 0 Å². The van der Waals surface area contributed by atoms with Crippen molar-refractivity contribution in [2.45, 2.75) is 0 Å². The average molecular weight is 395 g/mol. The molecule has 3 rings (SSSR count). The summed E-state index contributed by atoms with van der Waals surface area (Å²) in [5.74, 6) is 0.000608. The molecule has 10 heteroatoms. The van der Waals surface area contributed by atoms with Gasteiger partial charge < -0.3 is 0 Å². The van der Waals surface area contributed by atoms with Crippen LogP contribution in [0.3, 0.4) is 0 Å². The molecule has 138 valence electrons. The van der Waals surface area contributed by atoms with Crippen molar-refractivity contribution in [2.24, 2.45) is 5.10 Å². The van der Waals surface area contributed by atoms with Crippen molar-refractivity contribution < 1.29 is 4.92 Å². The summed E-state index contributed by atoms with van der Waals surface area (Å²) in [6.45, 7) is 0. The molecular weight excluding hydrogens is 384 g/mol. The van der Waals surface area contributed by atoms with Gasteiger partial charge in [0.25, 0.3) is 11.2 Å². The normalized spacial score (nSPS) is 10.6. The Morgan fingerprint density at radius 2 is 2.04 bits per heavy atom. The predicted octanol–water partition coefficient (Wildman–Crippen LogP) is 3.32. The van der Waals surface area contributed by atoms with Crippen LogP contribution in [0.15, 0.2) is 58.4 Å². The lowest BCUT2D eigenvalue weighted by Crippen LogP contribution is -2.16. The van der Waals surface area contributed by atoms with E-state index in [0.717, 1.165) is 0 Å². The highest BCUT2D eigenvalue weighted by Gasteiger charge is 2.13. The minimum atomic E-state index is -0.623. The molecule has 1 aromatic heterocycles. The Kier molecular flexibility index (Phi) is 5.43. The maximum absolute atomic E-state index is 12.2. The summed E-state index contributed by atoms with van der Waals surface area (Å²) in [5, 5.41) is 24.3. The monoisotopic (exact) mass is 394 g/mol. The van der Waals surface area contributed by atoms with Gasteiger partial charge in [-0.15, -0.1) is 0 Å². The Labute approximate surface area is 163 Å². The van der Waals surface area contributed by atoms with Crippen LogP contribution in [-0.4, -0.2) is 21.1 Å². The number of nitro benzene ring substituents is 1. The van der Waals surface area contributed by atoms with E-state index in [1.807, 2.05) is 6.07 Å². The van der Waals surface area contributed by atoms with Crippen LogP contribution in [0.4, 0.5) is 11.6 Å². The molecule has 3 aromatic rings. The summed E-state index contributed by atoms with van der Waals surface area (Å²) in [4.78, 5) is 29.1. The van der Waals surface area contributed by atoms with Crippen LogP contribution in [0, 0.1) is 21.4 Å². The summed E-state index contributed by atoms with van der Waals surface area (Å²) in [7, 11) is 0. The summed E-state index contributed by atoms with van der Waals surface area (Å²) in [5.41, 5.74) is 2.76. The molecule has 2 aromatic carbocycles. The van der Waals surface area contributed by atoms with Crippen LogP contribution >= 0.6 is 11.6 Å². The van der Waals surface area contributed by atoms with E-state index < -0.39 is 10.5 Å². The molecule has 2 N–H and O–H groups in total. The van der Waals surface area contributed by atoms with Crippen molar-refractivity contribution in [3.05, 3.63) is 85.1 Å². The zero-order chi connectivity index (χ0) is 20.1. The first kappa shape index (κ1) is 18.8. The van der Waals surface area contributed by atoms with Gasteiger partial charge in [-0.05, 0) is 6.07 Å². The van der Waals surface area contributed by atoms with Crippen LogP contribution in [0.2, 0.25) is 5.02 Å². The zero-order valence-corrected chi connectivity index (χ0v) is 14.8. The maximum atomic E-state index is 12.2. The number of nitro groups is 1. The predicted molar refractivity (Wildman–Crippen MR) is 104 cm³/mol. The number of halogens is 1. The fourth-order valence-corrected chi connectivity index (χ4v) is 2.51. The number of anilines is 1. The van der Waals surface area contributed by atoms with E-state index in [1.165, 1.54) is 24.4 Å². The number of nitrogens with one attached hydrogen (secondary N) is 2. The number of benzene rings is 2. The average Bonchev–Trinajstić information content (AvgIpc) is 2.69. The zero-order valence-electron chi connectivity index (χ0n) is 14.1. The molecule has 0 bridgehead atoms. The number of rotatable bonds is 5. The number of hydrogen-bond acceptors (Lipinski definition) is 7. The molecule has 0 aliphatic heterocycles. The summed E-state index contributed by atoms with van der Waals surface area (Å²) >= 11 is 6.00. The third-order valence-corrected chi connectivity index (χ3v) is 3.99. The second kappa shape index (κ2) is 8.11. The quantitative estimate of drug-likeness (QED) is 0.387. The minimum absolute atomic E-state index is 0.000608. The molecule has 0 radical (unpaired) electrons. The molecule has 28 heavy (non-hydrogen) atoms. The molecule has 0 aliphatic rings. The lowest BCUT2D eigenvalue weighted by atomic mass is 10.1. The van der Waals surface area contributed by atoms with Crippen LogP contribution < -0.4 is 11.0 Å². The Balaban J connectivity index is 1.92. The number of aromatic amines is 1. The molecule has 0 atom stereocenters. The number of non-ortho nitro benzene ring substituents is 1. The minimum Gasteiger partial charge on any atom is -0.290 e.